The van der Waals surface area contributed by atoms with Crippen molar-refractivity contribution in [2.45, 2.75) is 59.9 Å². The summed E-state index contributed by atoms with van der Waals surface area (Å²) >= 11 is 0. The molecule has 0 aromatic carbocycles. The summed E-state index contributed by atoms with van der Waals surface area (Å²) in [6.07, 6.45) is 1.56. The van der Waals surface area contributed by atoms with Gasteiger partial charge in [0.25, 0.3) is 0 Å². The summed E-state index contributed by atoms with van der Waals surface area (Å²) in [5.74, 6) is 6.05. The number of hydrogen-bond acceptors (Lipinski definition) is 3. The van der Waals surface area contributed by atoms with E-state index in [-0.39, 0.29) is 11.2 Å². The summed E-state index contributed by atoms with van der Waals surface area (Å²) in [4.78, 5) is 12.5. The lowest BCUT2D eigenvalue weighted by Crippen LogP contribution is -2.58. The maximum Gasteiger partial charge on any atom is 0.159 e. The van der Waals surface area contributed by atoms with Crippen LogP contribution in [-0.2, 0) is 4.79 Å². The van der Waals surface area contributed by atoms with E-state index in [0.29, 0.717) is 12.3 Å². The fourth-order valence-electron chi connectivity index (χ4n) is 1.79. The average Bonchev–Trinajstić information content (AvgIpc) is 2.25. The molecule has 0 aliphatic carbocycles. The first-order valence-corrected chi connectivity index (χ1v) is 5.81. The van der Waals surface area contributed by atoms with Gasteiger partial charge in [0.15, 0.2) is 5.78 Å². The number of ketones is 1. The molecule has 0 spiro atoms. The Labute approximate surface area is 93.8 Å². The van der Waals surface area contributed by atoms with E-state index in [4.69, 9.17) is 5.84 Å². The summed E-state index contributed by atoms with van der Waals surface area (Å²) < 4.78 is 0. The Morgan fingerprint density at radius 3 is 1.93 bits per heavy atom. The third-order valence-electron chi connectivity index (χ3n) is 4.05. The van der Waals surface area contributed by atoms with E-state index in [0.717, 1.165) is 6.42 Å². The molecule has 0 heterocycles. The largest absolute Gasteiger partial charge is 0.297 e. The Morgan fingerprint density at radius 2 is 1.73 bits per heavy atom. The van der Waals surface area contributed by atoms with Crippen molar-refractivity contribution in [2.24, 2.45) is 17.2 Å². The normalized spacial score (nSPS) is 19.7. The van der Waals surface area contributed by atoms with Gasteiger partial charge in [0, 0.05) is 5.41 Å². The van der Waals surface area contributed by atoms with Crippen molar-refractivity contribution < 1.29 is 4.79 Å². The van der Waals surface area contributed by atoms with Crippen molar-refractivity contribution in [1.29, 1.82) is 0 Å². The van der Waals surface area contributed by atoms with Gasteiger partial charge < -0.3 is 0 Å². The molecule has 3 heteroatoms. The molecule has 3 N–H and O–H groups in total. The molecule has 0 aromatic rings. The molecule has 0 saturated heterocycles. The van der Waals surface area contributed by atoms with Crippen LogP contribution in [0.3, 0.4) is 0 Å². The van der Waals surface area contributed by atoms with Gasteiger partial charge in [-0.1, -0.05) is 34.6 Å². The Balaban J connectivity index is 5.11. The molecule has 0 aliphatic heterocycles. The minimum Gasteiger partial charge on any atom is -0.297 e. The highest BCUT2D eigenvalue weighted by Gasteiger charge is 2.44. The number of hydrazine groups is 1. The summed E-state index contributed by atoms with van der Waals surface area (Å²) in [6, 6.07) is 0. The molecule has 0 amide bonds. The van der Waals surface area contributed by atoms with Crippen LogP contribution in [0.1, 0.15) is 54.4 Å². The van der Waals surface area contributed by atoms with Crippen LogP contribution in [0.5, 0.6) is 0 Å². The topological polar surface area (TPSA) is 55.1 Å². The zero-order valence-electron chi connectivity index (χ0n) is 11.0. The van der Waals surface area contributed by atoms with Crippen LogP contribution in [0.2, 0.25) is 0 Å². The van der Waals surface area contributed by atoms with Crippen molar-refractivity contribution in [2.75, 3.05) is 0 Å². The highest BCUT2D eigenvalue weighted by Crippen LogP contribution is 2.36. The van der Waals surface area contributed by atoms with E-state index in [1.807, 2.05) is 20.8 Å². The van der Waals surface area contributed by atoms with Gasteiger partial charge >= 0.3 is 0 Å². The van der Waals surface area contributed by atoms with E-state index in [1.165, 1.54) is 0 Å². The van der Waals surface area contributed by atoms with Crippen LogP contribution in [-0.4, -0.2) is 11.3 Å². The van der Waals surface area contributed by atoms with Gasteiger partial charge in [0.05, 0.1) is 5.54 Å². The standard InChI is InChI=1S/C12H26N2O/c1-7-11(5,9(3)4)10(15)12(6,8-2)14-13/h9,14H,7-8,13H2,1-6H3. The van der Waals surface area contributed by atoms with Crippen molar-refractivity contribution in [1.82, 2.24) is 5.43 Å². The molecule has 0 rings (SSSR count). The fourth-order valence-corrected chi connectivity index (χ4v) is 1.79. The first-order valence-electron chi connectivity index (χ1n) is 5.81. The molecule has 0 aliphatic rings. The van der Waals surface area contributed by atoms with Crippen molar-refractivity contribution in [3.05, 3.63) is 0 Å². The van der Waals surface area contributed by atoms with Gasteiger partial charge in [-0.05, 0) is 25.7 Å². The van der Waals surface area contributed by atoms with Crippen LogP contribution in [0.25, 0.3) is 0 Å². The molecule has 2 unspecified atom stereocenters. The number of nitrogens with two attached hydrogens (primary N) is 1. The van der Waals surface area contributed by atoms with E-state index in [9.17, 15) is 4.79 Å². The van der Waals surface area contributed by atoms with E-state index in [2.05, 4.69) is 26.2 Å². The van der Waals surface area contributed by atoms with E-state index >= 15 is 0 Å². The Kier molecular flexibility index (Phi) is 4.94. The SMILES string of the molecule is CCC(C)(NN)C(=O)C(C)(CC)C(C)C. The zero-order valence-corrected chi connectivity index (χ0v) is 11.0. The van der Waals surface area contributed by atoms with Crippen LogP contribution < -0.4 is 11.3 Å². The summed E-state index contributed by atoms with van der Waals surface area (Å²) in [5, 5.41) is 0. The first-order chi connectivity index (χ1) is 6.78. The fraction of sp³-hybridized carbons (Fsp3) is 0.917. The highest BCUT2D eigenvalue weighted by atomic mass is 16.1. The lowest BCUT2D eigenvalue weighted by Gasteiger charge is -2.39. The highest BCUT2D eigenvalue weighted by molar-refractivity contribution is 5.93. The van der Waals surface area contributed by atoms with Crippen molar-refractivity contribution in [3.8, 4) is 0 Å². The Hall–Kier alpha value is -0.410. The number of carbonyl (C=O) groups is 1. The number of Topliss-reactive ketones (excluding diaryl/α,β-unsaturated/α-hetero) is 1. The van der Waals surface area contributed by atoms with E-state index < -0.39 is 5.54 Å². The molecular weight excluding hydrogens is 188 g/mol. The van der Waals surface area contributed by atoms with Gasteiger partial charge in [-0.25, -0.2) is 5.43 Å². The monoisotopic (exact) mass is 214 g/mol. The maximum absolute atomic E-state index is 12.5. The quantitative estimate of drug-likeness (QED) is 0.527. The lowest BCUT2D eigenvalue weighted by molar-refractivity contribution is -0.137. The van der Waals surface area contributed by atoms with Gasteiger partial charge in [0.1, 0.15) is 0 Å². The predicted octanol–water partition coefficient (Wildman–Crippen LogP) is 2.26. The number of nitrogens with one attached hydrogen (secondary N) is 1. The third-order valence-corrected chi connectivity index (χ3v) is 4.05. The molecule has 0 saturated carbocycles. The summed E-state index contributed by atoms with van der Waals surface area (Å²) in [7, 11) is 0. The van der Waals surface area contributed by atoms with Gasteiger partial charge in [0.2, 0.25) is 0 Å². The Morgan fingerprint density at radius 1 is 1.27 bits per heavy atom. The van der Waals surface area contributed by atoms with Crippen LogP contribution in [0.15, 0.2) is 0 Å². The predicted molar refractivity (Wildman–Crippen MR) is 64.3 cm³/mol. The lowest BCUT2D eigenvalue weighted by atomic mass is 9.67. The molecule has 3 nitrogen and oxygen atoms in total. The number of carbonyl (C=O) groups excluding carboxylic acids is 1. The summed E-state index contributed by atoms with van der Waals surface area (Å²) in [5.41, 5.74) is 1.78. The van der Waals surface area contributed by atoms with Crippen molar-refractivity contribution >= 4 is 5.78 Å². The van der Waals surface area contributed by atoms with Gasteiger partial charge in [-0.2, -0.15) is 0 Å². The average molecular weight is 214 g/mol. The minimum atomic E-state index is -0.602. The second-order valence-electron chi connectivity index (χ2n) is 5.08. The molecule has 0 aromatic heterocycles. The second-order valence-corrected chi connectivity index (χ2v) is 5.08. The number of rotatable bonds is 6. The van der Waals surface area contributed by atoms with Gasteiger partial charge in [-0.3, -0.25) is 10.6 Å². The Bertz CT molecular complexity index is 222. The molecular formula is C12H26N2O. The maximum atomic E-state index is 12.5. The van der Waals surface area contributed by atoms with Crippen molar-refractivity contribution in [3.63, 3.8) is 0 Å². The molecule has 15 heavy (non-hydrogen) atoms. The van der Waals surface area contributed by atoms with E-state index in [1.54, 1.807) is 0 Å². The third kappa shape index (κ3) is 2.58. The smallest absolute Gasteiger partial charge is 0.159 e. The minimum absolute atomic E-state index is 0.220. The van der Waals surface area contributed by atoms with Crippen LogP contribution in [0, 0.1) is 11.3 Å². The molecule has 90 valence electrons. The second kappa shape index (κ2) is 5.08. The van der Waals surface area contributed by atoms with Gasteiger partial charge in [-0.15, -0.1) is 0 Å². The zero-order chi connectivity index (χ0) is 12.3. The molecule has 0 fully saturated rings. The van der Waals surface area contributed by atoms with Crippen LogP contribution in [0.4, 0.5) is 0 Å². The molecule has 0 bridgehead atoms. The van der Waals surface area contributed by atoms with Crippen LogP contribution >= 0.6 is 0 Å². The summed E-state index contributed by atoms with van der Waals surface area (Å²) in [6.45, 7) is 12.1. The molecule has 0 radical (unpaired) electrons. The number of hydrogen-bond donors (Lipinski definition) is 2. The first kappa shape index (κ1) is 14.6. The molecule has 2 atom stereocenters.